The second kappa shape index (κ2) is 7.70. The maximum Gasteiger partial charge on any atom is 0.206 e. The Labute approximate surface area is 164 Å². The molecule has 5 heteroatoms. The SMILES string of the molecule is CC(C)(O)c1ccccc1S(=O)(=O)c1ccc(C=Cc2ccc(F)cc2)cc1. The van der Waals surface area contributed by atoms with E-state index in [2.05, 4.69) is 0 Å². The molecule has 0 fully saturated rings. The van der Waals surface area contributed by atoms with E-state index in [-0.39, 0.29) is 15.6 Å². The summed E-state index contributed by atoms with van der Waals surface area (Å²) in [7, 11) is -3.77. The van der Waals surface area contributed by atoms with Crippen molar-refractivity contribution in [3.05, 3.63) is 95.3 Å². The highest BCUT2D eigenvalue weighted by Gasteiger charge is 2.27. The van der Waals surface area contributed by atoms with Crippen LogP contribution in [-0.4, -0.2) is 13.5 Å². The monoisotopic (exact) mass is 396 g/mol. The highest BCUT2D eigenvalue weighted by atomic mass is 32.2. The van der Waals surface area contributed by atoms with E-state index < -0.39 is 15.4 Å². The summed E-state index contributed by atoms with van der Waals surface area (Å²) in [5.74, 6) is -0.293. The lowest BCUT2D eigenvalue weighted by molar-refractivity contribution is 0.0755. The molecule has 1 N–H and O–H groups in total. The fourth-order valence-electron chi connectivity index (χ4n) is 2.86. The van der Waals surface area contributed by atoms with Gasteiger partial charge in [0.25, 0.3) is 0 Å². The van der Waals surface area contributed by atoms with Crippen molar-refractivity contribution in [3.8, 4) is 0 Å². The third-order valence-electron chi connectivity index (χ3n) is 4.36. The summed E-state index contributed by atoms with van der Waals surface area (Å²) in [5, 5.41) is 10.3. The van der Waals surface area contributed by atoms with Gasteiger partial charge in [-0.2, -0.15) is 0 Å². The van der Waals surface area contributed by atoms with Gasteiger partial charge in [-0.3, -0.25) is 0 Å². The summed E-state index contributed by atoms with van der Waals surface area (Å²) in [6.07, 6.45) is 3.65. The predicted molar refractivity (Wildman–Crippen MR) is 109 cm³/mol. The average Bonchev–Trinajstić information content (AvgIpc) is 2.67. The van der Waals surface area contributed by atoms with E-state index in [1.165, 1.54) is 18.2 Å². The number of rotatable bonds is 5. The molecule has 0 unspecified atom stereocenters. The fraction of sp³-hybridized carbons (Fsp3) is 0.130. The highest BCUT2D eigenvalue weighted by molar-refractivity contribution is 7.91. The third-order valence-corrected chi connectivity index (χ3v) is 6.19. The molecule has 0 atom stereocenters. The van der Waals surface area contributed by atoms with E-state index in [0.717, 1.165) is 11.1 Å². The molecule has 3 aromatic rings. The minimum absolute atomic E-state index is 0.0945. The minimum Gasteiger partial charge on any atom is -0.386 e. The quantitative estimate of drug-likeness (QED) is 0.614. The molecule has 0 bridgehead atoms. The van der Waals surface area contributed by atoms with Crippen LogP contribution in [0.4, 0.5) is 4.39 Å². The predicted octanol–water partition coefficient (Wildman–Crippen LogP) is 5.06. The van der Waals surface area contributed by atoms with Gasteiger partial charge in [0.05, 0.1) is 15.4 Å². The van der Waals surface area contributed by atoms with Crippen molar-refractivity contribution in [2.24, 2.45) is 0 Å². The van der Waals surface area contributed by atoms with Crippen molar-refractivity contribution in [1.82, 2.24) is 0 Å². The third kappa shape index (κ3) is 4.38. The fourth-order valence-corrected chi connectivity index (χ4v) is 4.47. The largest absolute Gasteiger partial charge is 0.386 e. The van der Waals surface area contributed by atoms with E-state index in [1.54, 1.807) is 68.4 Å². The number of sulfone groups is 1. The lowest BCUT2D eigenvalue weighted by atomic mass is 9.99. The summed E-state index contributed by atoms with van der Waals surface area (Å²) >= 11 is 0. The molecule has 28 heavy (non-hydrogen) atoms. The molecule has 0 aromatic heterocycles. The van der Waals surface area contributed by atoms with Gasteiger partial charge in [0.1, 0.15) is 5.82 Å². The molecular formula is C23H21FO3S. The zero-order chi connectivity index (χ0) is 20.4. The summed E-state index contributed by atoms with van der Waals surface area (Å²) in [6, 6.07) is 19.1. The Balaban J connectivity index is 1.90. The van der Waals surface area contributed by atoms with Gasteiger partial charge in [0.15, 0.2) is 0 Å². The van der Waals surface area contributed by atoms with Crippen molar-refractivity contribution in [1.29, 1.82) is 0 Å². The number of benzene rings is 3. The molecule has 0 saturated carbocycles. The lowest BCUT2D eigenvalue weighted by Gasteiger charge is -2.21. The molecule has 3 aromatic carbocycles. The molecule has 0 spiro atoms. The Hall–Kier alpha value is -2.76. The van der Waals surface area contributed by atoms with Crippen molar-refractivity contribution < 1.29 is 17.9 Å². The summed E-state index contributed by atoms with van der Waals surface area (Å²) in [5.41, 5.74) is 0.744. The van der Waals surface area contributed by atoms with E-state index >= 15 is 0 Å². The van der Waals surface area contributed by atoms with E-state index in [9.17, 15) is 17.9 Å². The smallest absolute Gasteiger partial charge is 0.206 e. The molecule has 0 amide bonds. The molecular weight excluding hydrogens is 375 g/mol. The molecule has 0 saturated heterocycles. The molecule has 0 radical (unpaired) electrons. The average molecular weight is 396 g/mol. The van der Waals surface area contributed by atoms with Gasteiger partial charge in [-0.05, 0) is 55.3 Å². The van der Waals surface area contributed by atoms with Crippen LogP contribution >= 0.6 is 0 Å². The first kappa shape index (κ1) is 20.0. The first-order valence-electron chi connectivity index (χ1n) is 8.78. The van der Waals surface area contributed by atoms with E-state index in [4.69, 9.17) is 0 Å². The molecule has 144 valence electrons. The standard InChI is InChI=1S/C23H21FO3S/c1-23(2,25)21-5-3-4-6-22(21)28(26,27)20-15-11-18(12-16-20)8-7-17-9-13-19(24)14-10-17/h3-16,25H,1-2H3. The van der Waals surface area contributed by atoms with Gasteiger partial charge in [0, 0.05) is 5.56 Å². The van der Waals surface area contributed by atoms with Crippen molar-refractivity contribution in [2.75, 3.05) is 0 Å². The van der Waals surface area contributed by atoms with Gasteiger partial charge in [-0.15, -0.1) is 0 Å². The molecule has 0 heterocycles. The van der Waals surface area contributed by atoms with Crippen LogP contribution in [0.25, 0.3) is 12.2 Å². The minimum atomic E-state index is -3.77. The summed E-state index contributed by atoms with van der Waals surface area (Å²) in [6.45, 7) is 3.12. The number of hydrogen-bond acceptors (Lipinski definition) is 3. The first-order valence-corrected chi connectivity index (χ1v) is 10.3. The maximum absolute atomic E-state index is 13.1. The maximum atomic E-state index is 13.1. The zero-order valence-corrected chi connectivity index (χ0v) is 16.4. The topological polar surface area (TPSA) is 54.4 Å². The van der Waals surface area contributed by atoms with Crippen LogP contribution in [-0.2, 0) is 15.4 Å². The summed E-state index contributed by atoms with van der Waals surface area (Å²) < 4.78 is 39.1. The van der Waals surface area contributed by atoms with E-state index in [1.807, 2.05) is 12.2 Å². The molecule has 3 nitrogen and oxygen atoms in total. The van der Waals surface area contributed by atoms with Gasteiger partial charge in [-0.25, -0.2) is 12.8 Å². The highest BCUT2D eigenvalue weighted by Crippen LogP contribution is 2.31. The van der Waals surface area contributed by atoms with Crippen molar-refractivity contribution >= 4 is 22.0 Å². The second-order valence-corrected chi connectivity index (χ2v) is 8.93. The second-order valence-electron chi connectivity index (χ2n) is 7.01. The molecule has 3 rings (SSSR count). The number of halogens is 1. The Morgan fingerprint density at radius 1 is 0.821 bits per heavy atom. The Morgan fingerprint density at radius 2 is 1.32 bits per heavy atom. The van der Waals surface area contributed by atoms with Crippen LogP contribution < -0.4 is 0 Å². The number of aliphatic hydroxyl groups is 1. The zero-order valence-electron chi connectivity index (χ0n) is 15.6. The van der Waals surface area contributed by atoms with Gasteiger partial charge in [-0.1, -0.05) is 54.6 Å². The normalized spacial score (nSPS) is 12.4. The van der Waals surface area contributed by atoms with Gasteiger partial charge >= 0.3 is 0 Å². The Bertz CT molecular complexity index is 1090. The van der Waals surface area contributed by atoms with E-state index in [0.29, 0.717) is 5.56 Å². The Morgan fingerprint density at radius 3 is 1.86 bits per heavy atom. The van der Waals surface area contributed by atoms with Crippen LogP contribution in [0, 0.1) is 5.82 Å². The molecule has 0 aliphatic carbocycles. The number of hydrogen-bond donors (Lipinski definition) is 1. The van der Waals surface area contributed by atoms with Crippen LogP contribution in [0.2, 0.25) is 0 Å². The van der Waals surface area contributed by atoms with Crippen molar-refractivity contribution in [3.63, 3.8) is 0 Å². The lowest BCUT2D eigenvalue weighted by Crippen LogP contribution is -2.20. The summed E-state index contributed by atoms with van der Waals surface area (Å²) in [4.78, 5) is 0.250. The van der Waals surface area contributed by atoms with Crippen molar-refractivity contribution in [2.45, 2.75) is 29.2 Å². The Kier molecular flexibility index (Phi) is 5.49. The van der Waals surface area contributed by atoms with Gasteiger partial charge < -0.3 is 5.11 Å². The van der Waals surface area contributed by atoms with Gasteiger partial charge in [0.2, 0.25) is 9.84 Å². The van der Waals surface area contributed by atoms with Crippen LogP contribution in [0.3, 0.4) is 0 Å². The van der Waals surface area contributed by atoms with Crippen LogP contribution in [0.1, 0.15) is 30.5 Å². The molecule has 0 aliphatic heterocycles. The first-order chi connectivity index (χ1) is 13.2. The van der Waals surface area contributed by atoms with Crippen LogP contribution in [0.5, 0.6) is 0 Å². The molecule has 0 aliphatic rings. The van der Waals surface area contributed by atoms with Crippen LogP contribution in [0.15, 0.2) is 82.6 Å².